The van der Waals surface area contributed by atoms with Crippen LogP contribution in [0.3, 0.4) is 0 Å². The molecule has 0 unspecified atom stereocenters. The molecular formula is C12H15F3. The summed E-state index contributed by atoms with van der Waals surface area (Å²) in [6.07, 6.45) is -4.25. The van der Waals surface area contributed by atoms with Gasteiger partial charge in [-0.25, -0.2) is 0 Å². The zero-order valence-electron chi connectivity index (χ0n) is 9.37. The molecule has 0 saturated heterocycles. The Morgan fingerprint density at radius 3 is 2.00 bits per heavy atom. The molecule has 0 heterocycles. The maximum atomic E-state index is 12.8. The van der Waals surface area contributed by atoms with Crippen molar-refractivity contribution in [1.29, 1.82) is 0 Å². The van der Waals surface area contributed by atoms with Crippen molar-refractivity contribution >= 4 is 0 Å². The molecule has 1 aromatic rings. The SMILES string of the molecule is Cc1cc(C)c(C(C)C)c(C(F)(F)F)c1. The first-order valence-corrected chi connectivity index (χ1v) is 4.92. The molecule has 0 saturated carbocycles. The minimum absolute atomic E-state index is 0.109. The number of aryl methyl sites for hydroxylation is 2. The molecule has 0 radical (unpaired) electrons. The van der Waals surface area contributed by atoms with Crippen molar-refractivity contribution in [1.82, 2.24) is 0 Å². The smallest absolute Gasteiger partial charge is 0.166 e. The third-order valence-electron chi connectivity index (χ3n) is 2.41. The van der Waals surface area contributed by atoms with Gasteiger partial charge >= 0.3 is 6.18 Å². The van der Waals surface area contributed by atoms with Crippen LogP contribution in [0.15, 0.2) is 12.1 Å². The number of alkyl halides is 3. The van der Waals surface area contributed by atoms with Gasteiger partial charge in [-0.2, -0.15) is 13.2 Å². The molecule has 0 spiro atoms. The standard InChI is InChI=1S/C12H15F3/c1-7(2)11-9(4)5-8(3)6-10(11)12(13,14)15/h5-7H,1-4H3. The van der Waals surface area contributed by atoms with Gasteiger partial charge in [0.2, 0.25) is 0 Å². The molecule has 0 aliphatic heterocycles. The van der Waals surface area contributed by atoms with E-state index in [1.807, 2.05) is 0 Å². The number of hydrogen-bond acceptors (Lipinski definition) is 0. The third-order valence-corrected chi connectivity index (χ3v) is 2.41. The summed E-state index contributed by atoms with van der Waals surface area (Å²) in [4.78, 5) is 0. The minimum Gasteiger partial charge on any atom is -0.166 e. The second-order valence-electron chi connectivity index (χ2n) is 4.20. The number of benzene rings is 1. The molecule has 0 nitrogen and oxygen atoms in total. The van der Waals surface area contributed by atoms with E-state index < -0.39 is 11.7 Å². The fourth-order valence-corrected chi connectivity index (χ4v) is 1.98. The van der Waals surface area contributed by atoms with Crippen LogP contribution in [0, 0.1) is 13.8 Å². The zero-order chi connectivity index (χ0) is 11.8. The van der Waals surface area contributed by atoms with E-state index in [0.717, 1.165) is 5.56 Å². The van der Waals surface area contributed by atoms with Crippen LogP contribution in [0.5, 0.6) is 0 Å². The molecule has 0 atom stereocenters. The maximum Gasteiger partial charge on any atom is 0.416 e. The molecule has 0 bridgehead atoms. The molecule has 0 aliphatic rings. The van der Waals surface area contributed by atoms with Gasteiger partial charge in [0.05, 0.1) is 5.56 Å². The van der Waals surface area contributed by atoms with Crippen molar-refractivity contribution in [2.24, 2.45) is 0 Å². The van der Waals surface area contributed by atoms with Crippen molar-refractivity contribution in [2.45, 2.75) is 39.8 Å². The Kier molecular flexibility index (Phi) is 3.12. The molecule has 1 rings (SSSR count). The molecule has 0 aliphatic carbocycles. The average molecular weight is 216 g/mol. The van der Waals surface area contributed by atoms with Crippen LogP contribution in [0.4, 0.5) is 13.2 Å². The predicted molar refractivity (Wildman–Crippen MR) is 55.0 cm³/mol. The minimum atomic E-state index is -4.25. The number of rotatable bonds is 1. The van der Waals surface area contributed by atoms with E-state index in [1.165, 1.54) is 6.07 Å². The van der Waals surface area contributed by atoms with Gasteiger partial charge < -0.3 is 0 Å². The first-order chi connectivity index (χ1) is 6.73. The van der Waals surface area contributed by atoms with Crippen LogP contribution >= 0.6 is 0 Å². The van der Waals surface area contributed by atoms with E-state index in [-0.39, 0.29) is 5.92 Å². The first kappa shape index (κ1) is 12.1. The average Bonchev–Trinajstić information content (AvgIpc) is 1.99. The van der Waals surface area contributed by atoms with Gasteiger partial charge in [-0.05, 0) is 37.0 Å². The lowest BCUT2D eigenvalue weighted by Crippen LogP contribution is -2.12. The lowest BCUT2D eigenvalue weighted by atomic mass is 9.90. The Bertz CT molecular complexity index is 362. The summed E-state index contributed by atoms with van der Waals surface area (Å²) in [5.41, 5.74) is 1.30. The van der Waals surface area contributed by atoms with Crippen molar-refractivity contribution in [2.75, 3.05) is 0 Å². The normalized spacial score (nSPS) is 12.3. The summed E-state index contributed by atoms with van der Waals surface area (Å²) in [6, 6.07) is 3.02. The van der Waals surface area contributed by atoms with Crippen LogP contribution in [0.2, 0.25) is 0 Å². The fourth-order valence-electron chi connectivity index (χ4n) is 1.98. The molecule has 1 aromatic carbocycles. The van der Waals surface area contributed by atoms with Crippen molar-refractivity contribution in [3.63, 3.8) is 0 Å². The Morgan fingerprint density at radius 2 is 1.60 bits per heavy atom. The van der Waals surface area contributed by atoms with E-state index in [1.54, 1.807) is 33.8 Å². The van der Waals surface area contributed by atoms with Crippen molar-refractivity contribution in [3.8, 4) is 0 Å². The monoisotopic (exact) mass is 216 g/mol. The van der Waals surface area contributed by atoms with Gasteiger partial charge in [0.1, 0.15) is 0 Å². The second-order valence-corrected chi connectivity index (χ2v) is 4.20. The molecule has 3 heteroatoms. The molecule has 15 heavy (non-hydrogen) atoms. The van der Waals surface area contributed by atoms with Gasteiger partial charge in [0.15, 0.2) is 0 Å². The van der Waals surface area contributed by atoms with Gasteiger partial charge in [0, 0.05) is 0 Å². The van der Waals surface area contributed by atoms with E-state index in [0.29, 0.717) is 11.1 Å². The summed E-state index contributed by atoms with van der Waals surface area (Å²) in [6.45, 7) is 6.99. The molecular weight excluding hydrogens is 201 g/mol. The number of halogens is 3. The Balaban J connectivity index is 3.47. The topological polar surface area (TPSA) is 0 Å². The zero-order valence-corrected chi connectivity index (χ0v) is 9.37. The van der Waals surface area contributed by atoms with Crippen LogP contribution in [-0.4, -0.2) is 0 Å². The van der Waals surface area contributed by atoms with Gasteiger partial charge in [-0.15, -0.1) is 0 Å². The predicted octanol–water partition coefficient (Wildman–Crippen LogP) is 4.45. The van der Waals surface area contributed by atoms with Crippen LogP contribution in [0.1, 0.15) is 42.0 Å². The van der Waals surface area contributed by atoms with Crippen molar-refractivity contribution < 1.29 is 13.2 Å². The summed E-state index contributed by atoms with van der Waals surface area (Å²) < 4.78 is 38.3. The van der Waals surface area contributed by atoms with E-state index in [4.69, 9.17) is 0 Å². The molecule has 84 valence electrons. The lowest BCUT2D eigenvalue weighted by molar-refractivity contribution is -0.138. The highest BCUT2D eigenvalue weighted by Crippen LogP contribution is 2.37. The van der Waals surface area contributed by atoms with E-state index in [9.17, 15) is 13.2 Å². The Hall–Kier alpha value is -0.990. The molecule has 0 aromatic heterocycles. The van der Waals surface area contributed by atoms with Crippen LogP contribution in [0.25, 0.3) is 0 Å². The fraction of sp³-hybridized carbons (Fsp3) is 0.500. The molecule has 0 N–H and O–H groups in total. The first-order valence-electron chi connectivity index (χ1n) is 4.92. The summed E-state index contributed by atoms with van der Waals surface area (Å²) in [7, 11) is 0. The van der Waals surface area contributed by atoms with Gasteiger partial charge in [-0.1, -0.05) is 25.5 Å². The highest BCUT2D eigenvalue weighted by atomic mass is 19.4. The van der Waals surface area contributed by atoms with Crippen LogP contribution in [-0.2, 0) is 6.18 Å². The van der Waals surface area contributed by atoms with E-state index >= 15 is 0 Å². The highest BCUT2D eigenvalue weighted by molar-refractivity contribution is 5.41. The van der Waals surface area contributed by atoms with E-state index in [2.05, 4.69) is 0 Å². The summed E-state index contributed by atoms with van der Waals surface area (Å²) >= 11 is 0. The molecule has 0 fully saturated rings. The quantitative estimate of drug-likeness (QED) is 0.650. The Labute approximate surface area is 88.1 Å². The van der Waals surface area contributed by atoms with Gasteiger partial charge in [0.25, 0.3) is 0 Å². The molecule has 0 amide bonds. The Morgan fingerprint density at radius 1 is 1.07 bits per heavy atom. The highest BCUT2D eigenvalue weighted by Gasteiger charge is 2.34. The third kappa shape index (κ3) is 2.52. The van der Waals surface area contributed by atoms with Gasteiger partial charge in [-0.3, -0.25) is 0 Å². The second kappa shape index (κ2) is 3.87. The van der Waals surface area contributed by atoms with Crippen molar-refractivity contribution in [3.05, 3.63) is 34.4 Å². The number of hydrogen-bond donors (Lipinski definition) is 0. The maximum absolute atomic E-state index is 12.8. The largest absolute Gasteiger partial charge is 0.416 e. The summed E-state index contributed by atoms with van der Waals surface area (Å²) in [5.74, 6) is -0.109. The lowest BCUT2D eigenvalue weighted by Gasteiger charge is -2.19. The summed E-state index contributed by atoms with van der Waals surface area (Å²) in [5, 5.41) is 0. The van der Waals surface area contributed by atoms with Crippen LogP contribution < -0.4 is 0 Å².